The lowest BCUT2D eigenvalue weighted by Gasteiger charge is -2.06. The van der Waals surface area contributed by atoms with E-state index in [9.17, 15) is 4.79 Å². The van der Waals surface area contributed by atoms with Gasteiger partial charge in [-0.05, 0) is 31.9 Å². The molecule has 0 heterocycles. The Hall–Kier alpha value is -1.21. The third-order valence-electron chi connectivity index (χ3n) is 1.95. The first-order chi connectivity index (χ1) is 7.16. The summed E-state index contributed by atoms with van der Waals surface area (Å²) in [6, 6.07) is 0. The van der Waals surface area contributed by atoms with Crippen LogP contribution < -0.4 is 5.73 Å². The summed E-state index contributed by atoms with van der Waals surface area (Å²) < 4.78 is 4.75. The lowest BCUT2D eigenvalue weighted by Crippen LogP contribution is -2.19. The first-order valence-electron chi connectivity index (χ1n) is 5.52. The lowest BCUT2D eigenvalue weighted by molar-refractivity contribution is 0.117. The normalized spacial score (nSPS) is 11.3. The van der Waals surface area contributed by atoms with E-state index >= 15 is 0 Å². The zero-order chi connectivity index (χ0) is 11.5. The number of nitrogens with two attached hydrogens (primary N) is 1. The van der Waals surface area contributed by atoms with Gasteiger partial charge in [-0.3, -0.25) is 0 Å². The molecule has 2 N–H and O–H groups in total. The topological polar surface area (TPSA) is 52.3 Å². The molecule has 0 aliphatic carbocycles. The molecule has 0 aromatic heterocycles. The van der Waals surface area contributed by atoms with Crippen LogP contribution in [0.4, 0.5) is 4.79 Å². The highest BCUT2D eigenvalue weighted by atomic mass is 16.6. The Morgan fingerprint density at radius 3 is 2.80 bits per heavy atom. The minimum atomic E-state index is -0.720. The van der Waals surface area contributed by atoms with Gasteiger partial charge >= 0.3 is 6.09 Å². The Morgan fingerprint density at radius 1 is 1.47 bits per heavy atom. The van der Waals surface area contributed by atoms with Gasteiger partial charge in [0, 0.05) is 6.42 Å². The summed E-state index contributed by atoms with van der Waals surface area (Å²) in [5.74, 6) is 0. The van der Waals surface area contributed by atoms with Crippen molar-refractivity contribution < 1.29 is 9.53 Å². The van der Waals surface area contributed by atoms with Crippen LogP contribution in [0.3, 0.4) is 0 Å². The minimum Gasteiger partial charge on any atom is -0.446 e. The molecule has 0 saturated heterocycles. The van der Waals surface area contributed by atoms with Crippen molar-refractivity contribution in [3.8, 4) is 0 Å². The summed E-state index contributed by atoms with van der Waals surface area (Å²) in [5, 5.41) is 0. The average Bonchev–Trinajstić information content (AvgIpc) is 2.15. The summed E-state index contributed by atoms with van der Waals surface area (Å²) in [4.78, 5) is 10.4. The van der Waals surface area contributed by atoms with Crippen LogP contribution in [-0.4, -0.2) is 12.2 Å². The maximum atomic E-state index is 10.4. The SMILES string of the molecule is CCCCCC=C=CCC(C)OC(N)=O. The van der Waals surface area contributed by atoms with Gasteiger partial charge in [-0.25, -0.2) is 4.79 Å². The van der Waals surface area contributed by atoms with E-state index in [0.717, 1.165) is 6.42 Å². The molecule has 0 rings (SSSR count). The Morgan fingerprint density at radius 2 is 2.20 bits per heavy atom. The summed E-state index contributed by atoms with van der Waals surface area (Å²) in [6.07, 6.45) is 8.45. The van der Waals surface area contributed by atoms with Gasteiger partial charge in [-0.1, -0.05) is 19.8 Å². The van der Waals surface area contributed by atoms with E-state index in [-0.39, 0.29) is 6.10 Å². The number of hydrogen-bond acceptors (Lipinski definition) is 2. The fraction of sp³-hybridized carbons (Fsp3) is 0.667. The van der Waals surface area contributed by atoms with E-state index in [4.69, 9.17) is 10.5 Å². The van der Waals surface area contributed by atoms with Gasteiger partial charge in [0.25, 0.3) is 0 Å². The van der Waals surface area contributed by atoms with E-state index in [1.807, 2.05) is 12.2 Å². The first kappa shape index (κ1) is 13.8. The molecular formula is C12H21NO2. The molecule has 0 aromatic rings. The highest BCUT2D eigenvalue weighted by Gasteiger charge is 2.01. The highest BCUT2D eigenvalue weighted by molar-refractivity contribution is 5.64. The van der Waals surface area contributed by atoms with E-state index in [1.165, 1.54) is 19.3 Å². The van der Waals surface area contributed by atoms with Crippen molar-refractivity contribution >= 4 is 6.09 Å². The lowest BCUT2D eigenvalue weighted by atomic mass is 10.2. The predicted octanol–water partition coefficient (Wildman–Crippen LogP) is 3.15. The quantitative estimate of drug-likeness (QED) is 0.519. The third kappa shape index (κ3) is 10.7. The van der Waals surface area contributed by atoms with Crippen LogP contribution in [0.25, 0.3) is 0 Å². The Bertz CT molecular complexity index is 230. The van der Waals surface area contributed by atoms with Crippen molar-refractivity contribution in [3.05, 3.63) is 17.9 Å². The van der Waals surface area contributed by atoms with E-state index in [0.29, 0.717) is 6.42 Å². The number of hydrogen-bond donors (Lipinski definition) is 1. The Balaban J connectivity index is 3.55. The number of rotatable bonds is 7. The van der Waals surface area contributed by atoms with Crippen LogP contribution in [0, 0.1) is 0 Å². The minimum absolute atomic E-state index is 0.168. The van der Waals surface area contributed by atoms with Crippen LogP contribution in [0.5, 0.6) is 0 Å². The molecule has 86 valence electrons. The van der Waals surface area contributed by atoms with Crippen LogP contribution in [0.1, 0.15) is 46.0 Å². The van der Waals surface area contributed by atoms with E-state index in [1.54, 1.807) is 6.92 Å². The molecule has 1 amide bonds. The number of amides is 1. The maximum Gasteiger partial charge on any atom is 0.404 e. The van der Waals surface area contributed by atoms with Crippen molar-refractivity contribution in [2.24, 2.45) is 5.73 Å². The number of unbranched alkanes of at least 4 members (excludes halogenated alkanes) is 3. The maximum absolute atomic E-state index is 10.4. The third-order valence-corrected chi connectivity index (χ3v) is 1.95. The van der Waals surface area contributed by atoms with Crippen LogP contribution in [0.15, 0.2) is 17.9 Å². The number of ether oxygens (including phenoxy) is 1. The molecule has 1 unspecified atom stereocenters. The first-order valence-corrected chi connectivity index (χ1v) is 5.52. The van der Waals surface area contributed by atoms with E-state index < -0.39 is 6.09 Å². The van der Waals surface area contributed by atoms with Crippen molar-refractivity contribution in [3.63, 3.8) is 0 Å². The second-order valence-electron chi connectivity index (χ2n) is 3.55. The van der Waals surface area contributed by atoms with Gasteiger partial charge in [0.2, 0.25) is 0 Å². The molecule has 0 radical (unpaired) electrons. The fourth-order valence-electron chi connectivity index (χ4n) is 1.14. The summed E-state index contributed by atoms with van der Waals surface area (Å²) >= 11 is 0. The molecule has 0 saturated carbocycles. The number of carbonyl (C=O) groups excluding carboxylic acids is 1. The molecule has 0 aromatic carbocycles. The van der Waals surface area contributed by atoms with Crippen molar-refractivity contribution in [2.45, 2.75) is 52.1 Å². The molecule has 3 heteroatoms. The average molecular weight is 211 g/mol. The Kier molecular flexibility index (Phi) is 8.59. The monoisotopic (exact) mass is 211 g/mol. The zero-order valence-electron chi connectivity index (χ0n) is 9.66. The van der Waals surface area contributed by atoms with Gasteiger partial charge in [0.1, 0.15) is 6.10 Å². The van der Waals surface area contributed by atoms with Crippen LogP contribution in [-0.2, 0) is 4.74 Å². The fourth-order valence-corrected chi connectivity index (χ4v) is 1.14. The highest BCUT2D eigenvalue weighted by Crippen LogP contribution is 2.00. The van der Waals surface area contributed by atoms with Crippen molar-refractivity contribution in [1.29, 1.82) is 0 Å². The second-order valence-corrected chi connectivity index (χ2v) is 3.55. The van der Waals surface area contributed by atoms with Gasteiger partial charge < -0.3 is 10.5 Å². The summed E-state index contributed by atoms with van der Waals surface area (Å²) in [6.45, 7) is 3.99. The van der Waals surface area contributed by atoms with E-state index in [2.05, 4.69) is 12.7 Å². The standard InChI is InChI=1S/C12H21NO2/c1-3-4-5-6-7-8-9-10-11(2)15-12(13)14/h7,9,11H,3-6,10H2,1-2H3,(H2,13,14). The van der Waals surface area contributed by atoms with Crippen molar-refractivity contribution in [2.75, 3.05) is 0 Å². The van der Waals surface area contributed by atoms with Gasteiger partial charge in [-0.15, -0.1) is 5.73 Å². The van der Waals surface area contributed by atoms with Crippen molar-refractivity contribution in [1.82, 2.24) is 0 Å². The summed E-state index contributed by atoms with van der Waals surface area (Å²) in [7, 11) is 0. The molecule has 0 aliphatic heterocycles. The molecule has 1 atom stereocenters. The molecule has 0 aliphatic rings. The number of carbonyl (C=O) groups is 1. The molecule has 0 spiro atoms. The predicted molar refractivity (Wildman–Crippen MR) is 61.5 cm³/mol. The molecule has 15 heavy (non-hydrogen) atoms. The Labute approximate surface area is 92.0 Å². The van der Waals surface area contributed by atoms with Gasteiger partial charge in [-0.2, -0.15) is 0 Å². The molecule has 3 nitrogen and oxygen atoms in total. The number of primary amides is 1. The smallest absolute Gasteiger partial charge is 0.404 e. The molecule has 0 fully saturated rings. The summed E-state index contributed by atoms with van der Waals surface area (Å²) in [5.41, 5.74) is 7.94. The zero-order valence-corrected chi connectivity index (χ0v) is 9.66. The largest absolute Gasteiger partial charge is 0.446 e. The van der Waals surface area contributed by atoms with Gasteiger partial charge in [0.05, 0.1) is 0 Å². The molecular weight excluding hydrogens is 190 g/mol. The van der Waals surface area contributed by atoms with Crippen LogP contribution >= 0.6 is 0 Å². The van der Waals surface area contributed by atoms with Gasteiger partial charge in [0.15, 0.2) is 0 Å². The second kappa shape index (κ2) is 9.35. The van der Waals surface area contributed by atoms with Crippen LogP contribution in [0.2, 0.25) is 0 Å². The molecule has 0 bridgehead atoms.